The molecule has 0 atom stereocenters. The van der Waals surface area contributed by atoms with Gasteiger partial charge in [0.1, 0.15) is 11.5 Å². The molecule has 17 heavy (non-hydrogen) atoms. The van der Waals surface area contributed by atoms with Gasteiger partial charge in [-0.1, -0.05) is 27.5 Å². The summed E-state index contributed by atoms with van der Waals surface area (Å²) in [4.78, 5) is 4.04. The van der Waals surface area contributed by atoms with Crippen LogP contribution in [0.3, 0.4) is 0 Å². The summed E-state index contributed by atoms with van der Waals surface area (Å²) in [6.07, 6.45) is 3.37. The summed E-state index contributed by atoms with van der Waals surface area (Å²) in [6.45, 7) is 0. The second-order valence-corrected chi connectivity index (χ2v) is 5.24. The Balaban J connectivity index is 2.29. The van der Waals surface area contributed by atoms with Crippen molar-refractivity contribution in [2.45, 2.75) is 5.33 Å². The van der Waals surface area contributed by atoms with E-state index in [4.69, 9.17) is 16.3 Å². The normalized spacial score (nSPS) is 10.3. The molecule has 2 aromatic rings. The van der Waals surface area contributed by atoms with Gasteiger partial charge in [-0.25, -0.2) is 0 Å². The highest BCUT2D eigenvalue weighted by Crippen LogP contribution is 2.29. The maximum atomic E-state index is 5.93. The van der Waals surface area contributed by atoms with Gasteiger partial charge in [-0.15, -0.1) is 0 Å². The first-order valence-corrected chi connectivity index (χ1v) is 7.11. The zero-order chi connectivity index (χ0) is 12.3. The molecule has 0 aliphatic heterocycles. The van der Waals surface area contributed by atoms with Crippen LogP contribution in [0.4, 0.5) is 0 Å². The summed E-state index contributed by atoms with van der Waals surface area (Å²) in [5.41, 5.74) is 0.998. The van der Waals surface area contributed by atoms with Crippen LogP contribution in [0.25, 0.3) is 0 Å². The van der Waals surface area contributed by atoms with Gasteiger partial charge < -0.3 is 4.74 Å². The van der Waals surface area contributed by atoms with Gasteiger partial charge in [0.25, 0.3) is 0 Å². The van der Waals surface area contributed by atoms with Crippen LogP contribution in [0.5, 0.6) is 11.5 Å². The SMILES string of the molecule is Clc1ccc(Oc2cncc(Br)c2)c(CBr)c1. The molecule has 0 amide bonds. The highest BCUT2D eigenvalue weighted by atomic mass is 79.9. The van der Waals surface area contributed by atoms with E-state index in [0.717, 1.165) is 15.8 Å². The summed E-state index contributed by atoms with van der Waals surface area (Å²) in [5.74, 6) is 1.45. The van der Waals surface area contributed by atoms with Crippen molar-refractivity contribution in [2.24, 2.45) is 0 Å². The maximum absolute atomic E-state index is 5.93. The monoisotopic (exact) mass is 375 g/mol. The molecule has 0 saturated heterocycles. The molecule has 0 unspecified atom stereocenters. The number of pyridine rings is 1. The molecule has 0 fully saturated rings. The Morgan fingerprint density at radius 1 is 1.24 bits per heavy atom. The van der Waals surface area contributed by atoms with Crippen LogP contribution in [-0.2, 0) is 5.33 Å². The summed E-state index contributed by atoms with van der Waals surface area (Å²) < 4.78 is 6.63. The Kier molecular flexibility index (Phi) is 4.42. The molecular weight excluding hydrogens is 369 g/mol. The van der Waals surface area contributed by atoms with E-state index in [2.05, 4.69) is 36.8 Å². The summed E-state index contributed by atoms with van der Waals surface area (Å²) in [6, 6.07) is 7.38. The maximum Gasteiger partial charge on any atom is 0.146 e. The second kappa shape index (κ2) is 5.85. The molecule has 88 valence electrons. The van der Waals surface area contributed by atoms with Gasteiger partial charge in [0.05, 0.1) is 6.20 Å². The topological polar surface area (TPSA) is 22.1 Å². The van der Waals surface area contributed by atoms with Gasteiger partial charge in [0.2, 0.25) is 0 Å². The van der Waals surface area contributed by atoms with Gasteiger partial charge >= 0.3 is 0 Å². The Labute approximate surface area is 121 Å². The molecule has 2 rings (SSSR count). The quantitative estimate of drug-likeness (QED) is 0.687. The standard InChI is InChI=1S/C12H8Br2ClNO/c13-5-8-3-10(15)1-2-12(8)17-11-4-9(14)6-16-7-11/h1-4,6-7H,5H2. The van der Waals surface area contributed by atoms with Gasteiger partial charge in [-0.2, -0.15) is 0 Å². The molecule has 0 radical (unpaired) electrons. The van der Waals surface area contributed by atoms with Crippen LogP contribution in [0.1, 0.15) is 5.56 Å². The van der Waals surface area contributed by atoms with E-state index in [0.29, 0.717) is 16.1 Å². The summed E-state index contributed by atoms with van der Waals surface area (Å²) >= 11 is 12.7. The lowest BCUT2D eigenvalue weighted by molar-refractivity contribution is 0.476. The number of nitrogens with zero attached hydrogens (tertiary/aromatic N) is 1. The number of halogens is 3. The number of hydrogen-bond donors (Lipinski definition) is 0. The van der Waals surface area contributed by atoms with E-state index in [1.807, 2.05) is 18.2 Å². The largest absolute Gasteiger partial charge is 0.455 e. The molecule has 0 N–H and O–H groups in total. The molecule has 0 aliphatic carbocycles. The first kappa shape index (κ1) is 12.9. The van der Waals surface area contributed by atoms with E-state index < -0.39 is 0 Å². The fraction of sp³-hybridized carbons (Fsp3) is 0.0833. The third-order valence-corrected chi connectivity index (χ3v) is 3.35. The van der Waals surface area contributed by atoms with E-state index in [1.165, 1.54) is 0 Å². The summed E-state index contributed by atoms with van der Waals surface area (Å²) in [5, 5.41) is 1.38. The minimum atomic E-state index is 0.684. The predicted octanol–water partition coefficient (Wildman–Crippen LogP) is 5.18. The number of alkyl halides is 1. The predicted molar refractivity (Wildman–Crippen MR) is 76.1 cm³/mol. The van der Waals surface area contributed by atoms with Crippen molar-refractivity contribution in [3.05, 3.63) is 51.7 Å². The first-order valence-electron chi connectivity index (χ1n) is 4.82. The third-order valence-electron chi connectivity index (χ3n) is 2.07. The van der Waals surface area contributed by atoms with Crippen molar-refractivity contribution in [3.63, 3.8) is 0 Å². The van der Waals surface area contributed by atoms with Crippen molar-refractivity contribution >= 4 is 43.5 Å². The molecule has 0 aliphatic rings. The van der Waals surface area contributed by atoms with E-state index in [-0.39, 0.29) is 0 Å². The van der Waals surface area contributed by atoms with Crippen molar-refractivity contribution in [1.29, 1.82) is 0 Å². The van der Waals surface area contributed by atoms with Crippen molar-refractivity contribution < 1.29 is 4.74 Å². The molecular formula is C12H8Br2ClNO. The fourth-order valence-corrected chi connectivity index (χ4v) is 2.30. The zero-order valence-corrected chi connectivity index (χ0v) is 12.6. The Bertz CT molecular complexity index is 534. The van der Waals surface area contributed by atoms with Gasteiger partial charge in [-0.05, 0) is 40.2 Å². The van der Waals surface area contributed by atoms with Gasteiger partial charge in [0, 0.05) is 26.6 Å². The lowest BCUT2D eigenvalue weighted by Crippen LogP contribution is -1.90. The van der Waals surface area contributed by atoms with E-state index in [1.54, 1.807) is 18.5 Å². The molecule has 5 heteroatoms. The molecule has 0 spiro atoms. The number of ether oxygens (including phenoxy) is 1. The van der Waals surface area contributed by atoms with Crippen LogP contribution in [-0.4, -0.2) is 4.98 Å². The zero-order valence-electron chi connectivity index (χ0n) is 8.66. The van der Waals surface area contributed by atoms with Crippen molar-refractivity contribution in [1.82, 2.24) is 4.98 Å². The Morgan fingerprint density at radius 3 is 2.76 bits per heavy atom. The first-order chi connectivity index (χ1) is 8.19. The molecule has 0 saturated carbocycles. The van der Waals surface area contributed by atoms with Crippen LogP contribution in [0.15, 0.2) is 41.1 Å². The highest BCUT2D eigenvalue weighted by Gasteiger charge is 2.05. The fourth-order valence-electron chi connectivity index (χ4n) is 1.33. The summed E-state index contributed by atoms with van der Waals surface area (Å²) in [7, 11) is 0. The lowest BCUT2D eigenvalue weighted by Gasteiger charge is -2.09. The minimum Gasteiger partial charge on any atom is -0.455 e. The highest BCUT2D eigenvalue weighted by molar-refractivity contribution is 9.10. The van der Waals surface area contributed by atoms with Crippen LogP contribution in [0.2, 0.25) is 5.02 Å². The average molecular weight is 377 g/mol. The molecule has 1 aromatic heterocycles. The minimum absolute atomic E-state index is 0.684. The van der Waals surface area contributed by atoms with E-state index >= 15 is 0 Å². The van der Waals surface area contributed by atoms with E-state index in [9.17, 15) is 0 Å². The van der Waals surface area contributed by atoms with Crippen LogP contribution >= 0.6 is 43.5 Å². The third kappa shape index (κ3) is 3.44. The van der Waals surface area contributed by atoms with Gasteiger partial charge in [-0.3, -0.25) is 4.98 Å². The number of hydrogen-bond acceptors (Lipinski definition) is 2. The Morgan fingerprint density at radius 2 is 2.06 bits per heavy atom. The van der Waals surface area contributed by atoms with Crippen LogP contribution in [0, 0.1) is 0 Å². The van der Waals surface area contributed by atoms with Gasteiger partial charge in [0.15, 0.2) is 0 Å². The van der Waals surface area contributed by atoms with Crippen LogP contribution < -0.4 is 4.74 Å². The molecule has 1 heterocycles. The average Bonchev–Trinajstić information content (AvgIpc) is 2.31. The Hall–Kier alpha value is -0.580. The second-order valence-electron chi connectivity index (χ2n) is 3.33. The molecule has 0 bridgehead atoms. The van der Waals surface area contributed by atoms with Crippen molar-refractivity contribution in [2.75, 3.05) is 0 Å². The lowest BCUT2D eigenvalue weighted by atomic mass is 10.2. The number of benzene rings is 1. The smallest absolute Gasteiger partial charge is 0.146 e. The molecule has 1 aromatic carbocycles. The molecule has 2 nitrogen and oxygen atoms in total. The number of aromatic nitrogens is 1. The number of rotatable bonds is 3. The van der Waals surface area contributed by atoms with Crippen molar-refractivity contribution in [3.8, 4) is 11.5 Å².